The van der Waals surface area contributed by atoms with Gasteiger partial charge in [0, 0.05) is 106 Å². The van der Waals surface area contributed by atoms with Gasteiger partial charge in [0.25, 0.3) is 0 Å². The Hall–Kier alpha value is -8.75. The first-order chi connectivity index (χ1) is 53.2. The molecule has 113 heavy (non-hydrogen) atoms. The molecule has 6 aliphatic heterocycles. The molecule has 3 fully saturated rings. The van der Waals surface area contributed by atoms with Crippen LogP contribution in [0.4, 0.5) is 0 Å². The minimum atomic E-state index is -4.27. The number of methoxy groups -OCH3 is 1. The van der Waals surface area contributed by atoms with Crippen molar-refractivity contribution in [1.82, 2.24) is 27.0 Å². The lowest BCUT2D eigenvalue weighted by Gasteiger charge is -2.35. The van der Waals surface area contributed by atoms with Gasteiger partial charge >= 0.3 is 17.9 Å². The van der Waals surface area contributed by atoms with Crippen molar-refractivity contribution >= 4 is 90.7 Å². The molecule has 12 rings (SSSR count). The number of allylic oxidation sites excluding steroid dienone is 3. The summed E-state index contributed by atoms with van der Waals surface area (Å²) in [6, 6.07) is 42.6. The van der Waals surface area contributed by atoms with Crippen LogP contribution < -0.4 is 26.5 Å². The summed E-state index contributed by atoms with van der Waals surface area (Å²) >= 11 is 18.2. The lowest BCUT2D eigenvalue weighted by atomic mass is 9.83. The van der Waals surface area contributed by atoms with Crippen LogP contribution in [0.25, 0.3) is 0 Å². The molecule has 0 aliphatic carbocycles. The zero-order valence-corrected chi connectivity index (χ0v) is 68.1. The summed E-state index contributed by atoms with van der Waals surface area (Å²) < 4.78 is 115. The molecule has 0 aromatic heterocycles. The monoisotopic (exact) mass is 1660 g/mol. The van der Waals surface area contributed by atoms with Gasteiger partial charge in [-0.3, -0.25) is 14.4 Å². The molecule has 0 saturated carbocycles. The van der Waals surface area contributed by atoms with Crippen molar-refractivity contribution in [2.75, 3.05) is 71.3 Å². The molecule has 31 heteroatoms. The highest BCUT2D eigenvalue weighted by Gasteiger charge is 2.42. The molecule has 8 N–H and O–H groups in total. The van der Waals surface area contributed by atoms with Crippen LogP contribution in [0.2, 0.25) is 15.1 Å². The van der Waals surface area contributed by atoms with Gasteiger partial charge in [-0.1, -0.05) is 114 Å². The van der Waals surface area contributed by atoms with Gasteiger partial charge in [-0.2, -0.15) is 0 Å². The second kappa shape index (κ2) is 42.6. The molecule has 6 aliphatic rings. The van der Waals surface area contributed by atoms with E-state index in [2.05, 4.69) is 0 Å². The van der Waals surface area contributed by atoms with Gasteiger partial charge in [0.2, 0.25) is 17.7 Å². The van der Waals surface area contributed by atoms with Gasteiger partial charge < -0.3 is 78.7 Å². The molecular weight excluding hydrogens is 1560 g/mol. The fraction of sp³-hybridized carbons (Fsp3) is 0.415. The average molecular weight is 1660 g/mol. The number of benzene rings is 6. The van der Waals surface area contributed by atoms with Gasteiger partial charge in [-0.05, 0) is 167 Å². The fourth-order valence-electron chi connectivity index (χ4n) is 14.1. The maximum atomic E-state index is 13.5. The van der Waals surface area contributed by atoms with Gasteiger partial charge in [-0.15, -0.1) is 0 Å². The summed E-state index contributed by atoms with van der Waals surface area (Å²) in [4.78, 5) is 84.8. The molecule has 6 heterocycles. The number of halogens is 3. The van der Waals surface area contributed by atoms with Crippen molar-refractivity contribution in [1.29, 1.82) is 0 Å². The molecule has 0 radical (unpaired) electrons. The third-order valence-corrected chi connectivity index (χ3v) is 22.3. The van der Waals surface area contributed by atoms with Crippen LogP contribution in [0.5, 0.6) is 17.2 Å². The summed E-state index contributed by atoms with van der Waals surface area (Å²) in [5.41, 5.74) is 7.80. The number of amides is 3. The Morgan fingerprint density at radius 1 is 0.451 bits per heavy atom. The summed E-state index contributed by atoms with van der Waals surface area (Å²) in [5, 5.41) is 1.73. The largest absolute Gasteiger partial charge is 0.748 e. The van der Waals surface area contributed by atoms with E-state index in [0.717, 1.165) is 71.9 Å². The second-order valence-electron chi connectivity index (χ2n) is 27.6. The van der Waals surface area contributed by atoms with Gasteiger partial charge in [-0.25, -0.2) is 31.2 Å². The molecule has 0 unspecified atom stereocenters. The number of esters is 3. The van der Waals surface area contributed by atoms with E-state index in [1.807, 2.05) is 67.6 Å². The first-order valence-electron chi connectivity index (χ1n) is 36.8. The Labute approximate surface area is 674 Å². The van der Waals surface area contributed by atoms with E-state index in [1.54, 1.807) is 121 Å². The molecule has 610 valence electrons. The number of para-hydroxylation sites is 1. The van der Waals surface area contributed by atoms with Gasteiger partial charge in [0.1, 0.15) is 37.1 Å². The summed E-state index contributed by atoms with van der Waals surface area (Å²) in [5.74, 6) is -2.23. The van der Waals surface area contributed by atoms with Crippen LogP contribution in [-0.2, 0) is 97.2 Å². The SMILES string of the molecule is CC1=C(C(=O)OCc2ccc(OCCCS(=O)(=O)[O-])cc2)[C@H](c2ccc(Cl)cc2)CC(=O)N1C[C@@H]1CCCO1.CC1=C(C(=O)OCc2ccc(OCCCS(=O)(=O)[O-])cc2)[C@H](c2ccc(Cl)cc2)CC(=O)N1C[C@H]1CCCO1.COc1ccccc1COC(=O)C1=C(C)N(C[C@H]2CCCO2)C(=O)C[C@H]1c1ccc(Cl)cc1.[NH4+].[NH4+]. The molecule has 6 aromatic carbocycles. The van der Waals surface area contributed by atoms with Crippen molar-refractivity contribution in [3.63, 3.8) is 0 Å². The highest BCUT2D eigenvalue weighted by atomic mass is 35.5. The van der Waals surface area contributed by atoms with Gasteiger partial charge in [0.15, 0.2) is 0 Å². The highest BCUT2D eigenvalue weighted by molar-refractivity contribution is 7.85. The third-order valence-electron chi connectivity index (χ3n) is 19.9. The third kappa shape index (κ3) is 25.9. The number of hydrogen-bond donors (Lipinski definition) is 2. The van der Waals surface area contributed by atoms with E-state index >= 15 is 0 Å². The number of quaternary nitrogens is 2. The van der Waals surface area contributed by atoms with Crippen LogP contribution in [0, 0.1) is 0 Å². The topological polar surface area (TPSA) is 383 Å². The van der Waals surface area contributed by atoms with Crippen LogP contribution in [0.3, 0.4) is 0 Å². The lowest BCUT2D eigenvalue weighted by Crippen LogP contribution is -2.42. The van der Waals surface area contributed by atoms with Gasteiger partial charge in [0.05, 0.1) is 95.2 Å². The number of ether oxygens (including phenoxy) is 9. The van der Waals surface area contributed by atoms with Crippen molar-refractivity contribution in [3.8, 4) is 17.2 Å². The Morgan fingerprint density at radius 2 is 0.761 bits per heavy atom. The first kappa shape index (κ1) is 89.8. The Kier molecular flexibility index (Phi) is 33.8. The number of carbonyl (C=O) groups is 6. The minimum Gasteiger partial charge on any atom is -0.748 e. The molecule has 0 spiro atoms. The van der Waals surface area contributed by atoms with Crippen molar-refractivity contribution < 1.29 is 97.3 Å². The standard InChI is InChI=1S/2C28H32ClNO8S.C26H28ClNO5.2H3N/c2*1-19-27(28(32)38-18-20-5-11-23(12-6-20)36-14-3-15-39(33,34)35)25(21-7-9-22(29)10-8-21)16-26(31)30(19)17-24-4-2-13-37-24;1-17-25(26(30)33-16-19-6-3-4-8-23(19)31-2)22(18-9-11-20(27)12-10-18)14-24(29)28(17)15-21-7-5-13-32-21;;/h2*5-12,24-25H,2-4,13-18H2,1H3,(H,33,34,35);3-4,6,8-12,21-22H,5,7,13-16H2,1-2H3;2*1H3/t24-,25+;24-,25-;21-,22+;;/m101../s1. The van der Waals surface area contributed by atoms with E-state index in [4.69, 9.17) is 77.4 Å². The molecule has 3 saturated heterocycles. The molecular formula is C82H98Cl3N5O21S2. The van der Waals surface area contributed by atoms with Crippen LogP contribution in [-0.4, -0.2) is 166 Å². The highest BCUT2D eigenvalue weighted by Crippen LogP contribution is 2.42. The van der Waals surface area contributed by atoms with E-state index in [-0.39, 0.29) is 113 Å². The smallest absolute Gasteiger partial charge is 0.336 e. The molecule has 3 amide bonds. The number of rotatable bonds is 29. The summed E-state index contributed by atoms with van der Waals surface area (Å²) in [6.45, 7) is 8.94. The van der Waals surface area contributed by atoms with Crippen LogP contribution in [0.1, 0.15) is 143 Å². The molecule has 26 nitrogen and oxygen atoms in total. The van der Waals surface area contributed by atoms with E-state index in [1.165, 1.54) is 0 Å². The normalized spacial score (nSPS) is 19.8. The summed E-state index contributed by atoms with van der Waals surface area (Å²) in [7, 11) is -6.95. The van der Waals surface area contributed by atoms with E-state index in [0.29, 0.717) is 106 Å². The zero-order chi connectivity index (χ0) is 79.4. The lowest BCUT2D eigenvalue weighted by molar-refractivity contribution is -0.143. The molecule has 0 bridgehead atoms. The predicted octanol–water partition coefficient (Wildman–Crippen LogP) is 13.9. The number of carbonyl (C=O) groups excluding carboxylic acids is 6. The van der Waals surface area contributed by atoms with Crippen molar-refractivity contribution in [2.24, 2.45) is 0 Å². The first-order valence-corrected chi connectivity index (χ1v) is 41.1. The Bertz CT molecular complexity index is 4370. The minimum absolute atomic E-state index is 0. The number of hydrogen-bond acceptors (Lipinski definition) is 21. The van der Waals surface area contributed by atoms with Crippen LogP contribution >= 0.6 is 34.8 Å². The molecule has 6 aromatic rings. The summed E-state index contributed by atoms with van der Waals surface area (Å²) in [6.07, 6.45) is 6.05. The second-order valence-corrected chi connectivity index (χ2v) is 32.0. The quantitative estimate of drug-likeness (QED) is 0.0191. The van der Waals surface area contributed by atoms with Crippen molar-refractivity contribution in [3.05, 3.63) is 228 Å². The maximum Gasteiger partial charge on any atom is 0.336 e. The molecule has 6 atom stereocenters. The van der Waals surface area contributed by atoms with Crippen LogP contribution in [0.15, 0.2) is 179 Å². The number of nitrogens with zero attached hydrogens (tertiary/aromatic N) is 3. The Morgan fingerprint density at radius 3 is 1.05 bits per heavy atom. The predicted molar refractivity (Wildman–Crippen MR) is 423 cm³/mol. The average Bonchev–Trinajstić information content (AvgIpc) is 1.66. The maximum absolute atomic E-state index is 13.5. The zero-order valence-electron chi connectivity index (χ0n) is 64.2. The fourth-order valence-corrected chi connectivity index (χ4v) is 15.4. The van der Waals surface area contributed by atoms with E-state index in [9.17, 15) is 54.7 Å². The Balaban J connectivity index is 0.000000211. The van der Waals surface area contributed by atoms with Crippen molar-refractivity contribution in [2.45, 2.75) is 147 Å². The van der Waals surface area contributed by atoms with E-state index < -0.39 is 67.4 Å².